The quantitative estimate of drug-likeness (QED) is 0.828. The van der Waals surface area contributed by atoms with Gasteiger partial charge in [0.25, 0.3) is 0 Å². The lowest BCUT2D eigenvalue weighted by Gasteiger charge is -2.06. The van der Waals surface area contributed by atoms with Crippen LogP contribution >= 0.6 is 28.1 Å². The molecule has 2 N–H and O–H groups in total. The molecule has 0 saturated carbocycles. The Labute approximate surface area is 104 Å². The summed E-state index contributed by atoms with van der Waals surface area (Å²) in [7, 11) is 0. The third-order valence-electron chi connectivity index (χ3n) is 1.86. The summed E-state index contributed by atoms with van der Waals surface area (Å²) in [6.45, 7) is 6.40. The van der Waals surface area contributed by atoms with Crippen LogP contribution in [0.3, 0.4) is 0 Å². The van der Waals surface area contributed by atoms with Crippen molar-refractivity contribution >= 4 is 33.3 Å². The highest BCUT2D eigenvalue weighted by Crippen LogP contribution is 2.14. The molecule has 0 spiro atoms. The van der Waals surface area contributed by atoms with Crippen molar-refractivity contribution in [2.45, 2.75) is 26.9 Å². The second kappa shape index (κ2) is 6.07. The van der Waals surface area contributed by atoms with Gasteiger partial charge in [0.1, 0.15) is 0 Å². The van der Waals surface area contributed by atoms with Crippen LogP contribution in [-0.4, -0.2) is 21.4 Å². The molecule has 0 unspecified atom stereocenters. The minimum atomic E-state index is 0.638. The standard InChI is InChI=1S/C9H15BrN4S/c1-3-11-9(15)12-5-8-7(10)6-14(4-2)13-8/h6H,3-5H2,1-2H3,(H2,11,12,15). The summed E-state index contributed by atoms with van der Waals surface area (Å²) < 4.78 is 2.90. The van der Waals surface area contributed by atoms with Crippen LogP contribution in [0.25, 0.3) is 0 Å². The molecule has 1 heterocycles. The maximum atomic E-state index is 5.06. The Morgan fingerprint density at radius 2 is 2.27 bits per heavy atom. The monoisotopic (exact) mass is 290 g/mol. The highest BCUT2D eigenvalue weighted by atomic mass is 79.9. The Morgan fingerprint density at radius 3 is 2.80 bits per heavy atom. The van der Waals surface area contributed by atoms with Crippen LogP contribution in [0, 0.1) is 0 Å². The first-order chi connectivity index (χ1) is 7.17. The minimum absolute atomic E-state index is 0.638. The first-order valence-electron chi connectivity index (χ1n) is 4.90. The van der Waals surface area contributed by atoms with Gasteiger partial charge in [-0.1, -0.05) is 0 Å². The topological polar surface area (TPSA) is 41.9 Å². The fraction of sp³-hybridized carbons (Fsp3) is 0.556. The molecule has 15 heavy (non-hydrogen) atoms. The van der Waals surface area contributed by atoms with E-state index in [0.29, 0.717) is 11.7 Å². The SMILES string of the molecule is CCNC(=S)NCc1nn(CC)cc1Br. The summed E-state index contributed by atoms with van der Waals surface area (Å²) in [5.41, 5.74) is 0.970. The Morgan fingerprint density at radius 1 is 1.53 bits per heavy atom. The molecule has 4 nitrogen and oxygen atoms in total. The third-order valence-corrected chi connectivity index (χ3v) is 2.82. The maximum absolute atomic E-state index is 5.06. The zero-order chi connectivity index (χ0) is 11.3. The molecular formula is C9H15BrN4S. The number of aryl methyl sites for hydroxylation is 1. The van der Waals surface area contributed by atoms with E-state index in [4.69, 9.17) is 12.2 Å². The van der Waals surface area contributed by atoms with E-state index in [1.54, 1.807) is 0 Å². The molecule has 0 aliphatic heterocycles. The molecule has 0 aromatic carbocycles. The van der Waals surface area contributed by atoms with E-state index in [0.717, 1.165) is 23.3 Å². The van der Waals surface area contributed by atoms with Crippen LogP contribution in [0.15, 0.2) is 10.7 Å². The molecule has 0 bridgehead atoms. The molecule has 0 aliphatic carbocycles. The molecule has 6 heteroatoms. The molecule has 0 radical (unpaired) electrons. The van der Waals surface area contributed by atoms with E-state index in [1.165, 1.54) is 0 Å². The number of nitrogens with one attached hydrogen (secondary N) is 2. The Kier molecular flexibility index (Phi) is 5.04. The molecule has 0 aliphatic rings. The van der Waals surface area contributed by atoms with Gasteiger partial charge in [-0.05, 0) is 42.0 Å². The molecule has 0 atom stereocenters. The summed E-state index contributed by atoms with van der Waals surface area (Å²) in [5.74, 6) is 0. The minimum Gasteiger partial charge on any atom is -0.363 e. The fourth-order valence-electron chi connectivity index (χ4n) is 1.11. The van der Waals surface area contributed by atoms with Crippen molar-refractivity contribution in [3.63, 3.8) is 0 Å². The van der Waals surface area contributed by atoms with E-state index < -0.39 is 0 Å². The average Bonchev–Trinajstić information content (AvgIpc) is 2.57. The zero-order valence-corrected chi connectivity index (χ0v) is 11.3. The van der Waals surface area contributed by atoms with E-state index in [1.807, 2.05) is 17.8 Å². The van der Waals surface area contributed by atoms with E-state index >= 15 is 0 Å². The third kappa shape index (κ3) is 3.79. The number of hydrogen-bond acceptors (Lipinski definition) is 2. The molecular weight excluding hydrogens is 276 g/mol. The Bertz CT molecular complexity index is 337. The van der Waals surface area contributed by atoms with Crippen molar-refractivity contribution in [2.24, 2.45) is 0 Å². The second-order valence-electron chi connectivity index (χ2n) is 2.99. The number of thiocarbonyl (C=S) groups is 1. The molecule has 0 saturated heterocycles. The first-order valence-corrected chi connectivity index (χ1v) is 6.11. The highest BCUT2D eigenvalue weighted by molar-refractivity contribution is 9.10. The normalized spacial score (nSPS) is 10.1. The summed E-state index contributed by atoms with van der Waals surface area (Å²) in [5, 5.41) is 11.2. The Hall–Kier alpha value is -0.620. The van der Waals surface area contributed by atoms with Crippen LogP contribution < -0.4 is 10.6 Å². The summed E-state index contributed by atoms with van der Waals surface area (Å²) in [4.78, 5) is 0. The van der Waals surface area contributed by atoms with Gasteiger partial charge in [-0.3, -0.25) is 4.68 Å². The fourth-order valence-corrected chi connectivity index (χ4v) is 1.78. The van der Waals surface area contributed by atoms with Gasteiger partial charge in [-0.2, -0.15) is 5.10 Å². The second-order valence-corrected chi connectivity index (χ2v) is 4.26. The lowest BCUT2D eigenvalue weighted by molar-refractivity contribution is 0.642. The molecule has 1 rings (SSSR count). The number of hydrogen-bond donors (Lipinski definition) is 2. The summed E-state index contributed by atoms with van der Waals surface area (Å²) in [6.07, 6.45) is 1.97. The first kappa shape index (κ1) is 12.4. The van der Waals surface area contributed by atoms with E-state index in [-0.39, 0.29) is 0 Å². The van der Waals surface area contributed by atoms with Gasteiger partial charge < -0.3 is 10.6 Å². The molecule has 84 valence electrons. The van der Waals surface area contributed by atoms with Crippen molar-refractivity contribution in [3.8, 4) is 0 Å². The van der Waals surface area contributed by atoms with Crippen LogP contribution in [0.5, 0.6) is 0 Å². The predicted molar refractivity (Wildman–Crippen MR) is 68.7 cm³/mol. The lowest BCUT2D eigenvalue weighted by atomic mass is 10.4. The smallest absolute Gasteiger partial charge is 0.166 e. The van der Waals surface area contributed by atoms with Crippen molar-refractivity contribution in [3.05, 3.63) is 16.4 Å². The van der Waals surface area contributed by atoms with Crippen molar-refractivity contribution in [1.82, 2.24) is 20.4 Å². The predicted octanol–water partition coefficient (Wildman–Crippen LogP) is 1.65. The van der Waals surface area contributed by atoms with E-state index in [2.05, 4.69) is 38.6 Å². The molecule has 1 aromatic heterocycles. The van der Waals surface area contributed by atoms with Gasteiger partial charge >= 0.3 is 0 Å². The summed E-state index contributed by atoms with van der Waals surface area (Å²) in [6, 6.07) is 0. The van der Waals surface area contributed by atoms with Gasteiger partial charge in [-0.15, -0.1) is 0 Å². The van der Waals surface area contributed by atoms with Crippen LogP contribution in [0.2, 0.25) is 0 Å². The summed E-state index contributed by atoms with van der Waals surface area (Å²) >= 11 is 8.52. The number of rotatable bonds is 4. The van der Waals surface area contributed by atoms with Gasteiger partial charge in [0.15, 0.2) is 5.11 Å². The van der Waals surface area contributed by atoms with Crippen molar-refractivity contribution < 1.29 is 0 Å². The van der Waals surface area contributed by atoms with Crippen molar-refractivity contribution in [1.29, 1.82) is 0 Å². The largest absolute Gasteiger partial charge is 0.363 e. The van der Waals surface area contributed by atoms with Crippen LogP contribution in [-0.2, 0) is 13.1 Å². The number of nitrogens with zero attached hydrogens (tertiary/aromatic N) is 2. The molecule has 0 fully saturated rings. The Balaban J connectivity index is 2.49. The van der Waals surface area contributed by atoms with Crippen LogP contribution in [0.1, 0.15) is 19.5 Å². The van der Waals surface area contributed by atoms with Crippen molar-refractivity contribution in [2.75, 3.05) is 6.54 Å². The van der Waals surface area contributed by atoms with Gasteiger partial charge in [0, 0.05) is 19.3 Å². The number of halogens is 1. The maximum Gasteiger partial charge on any atom is 0.166 e. The molecule has 0 amide bonds. The molecule has 1 aromatic rings. The van der Waals surface area contributed by atoms with Gasteiger partial charge in [-0.25, -0.2) is 0 Å². The lowest BCUT2D eigenvalue weighted by Crippen LogP contribution is -2.34. The van der Waals surface area contributed by atoms with Crippen LogP contribution in [0.4, 0.5) is 0 Å². The van der Waals surface area contributed by atoms with Gasteiger partial charge in [0.05, 0.1) is 16.7 Å². The average molecular weight is 291 g/mol. The zero-order valence-electron chi connectivity index (χ0n) is 8.88. The highest BCUT2D eigenvalue weighted by Gasteiger charge is 2.05. The van der Waals surface area contributed by atoms with Gasteiger partial charge in [0.2, 0.25) is 0 Å². The number of aromatic nitrogens is 2. The van der Waals surface area contributed by atoms with E-state index in [9.17, 15) is 0 Å².